The Kier molecular flexibility index (Phi) is 2.20. The molecule has 3 aromatic rings. The van der Waals surface area contributed by atoms with Crippen molar-refractivity contribution in [2.75, 3.05) is 0 Å². The van der Waals surface area contributed by atoms with Gasteiger partial charge in [-0.05, 0) is 12.1 Å². The van der Waals surface area contributed by atoms with E-state index in [0.717, 1.165) is 21.8 Å². The first-order chi connectivity index (χ1) is 8.72. The van der Waals surface area contributed by atoms with Gasteiger partial charge in [-0.25, -0.2) is 4.79 Å². The molecule has 0 aliphatic rings. The van der Waals surface area contributed by atoms with Crippen molar-refractivity contribution < 1.29 is 9.90 Å². The molecule has 2 N–H and O–H groups in total. The maximum atomic E-state index is 11.2. The fraction of sp³-hybridized carbons (Fsp3) is 0. The van der Waals surface area contributed by atoms with Crippen LogP contribution in [0.2, 0.25) is 0 Å². The minimum atomic E-state index is -0.939. The molecule has 0 saturated heterocycles. The average molecular weight is 237 g/mol. The fourth-order valence-electron chi connectivity index (χ4n) is 2.34. The van der Waals surface area contributed by atoms with Crippen LogP contribution in [-0.2, 0) is 0 Å². The van der Waals surface area contributed by atoms with E-state index >= 15 is 0 Å². The van der Waals surface area contributed by atoms with Crippen LogP contribution in [0.5, 0.6) is 0 Å². The van der Waals surface area contributed by atoms with Gasteiger partial charge < -0.3 is 10.1 Å². The van der Waals surface area contributed by atoms with Crippen molar-refractivity contribution in [2.45, 2.75) is 0 Å². The molecule has 88 valence electrons. The van der Waals surface area contributed by atoms with Crippen LogP contribution in [-0.4, -0.2) is 16.1 Å². The number of benzene rings is 2. The van der Waals surface area contributed by atoms with Gasteiger partial charge in [-0.3, -0.25) is 0 Å². The average Bonchev–Trinajstić information content (AvgIpc) is 2.75. The summed E-state index contributed by atoms with van der Waals surface area (Å²) in [6.07, 6.45) is 1.58. The van der Waals surface area contributed by atoms with Gasteiger partial charge in [0.2, 0.25) is 0 Å². The monoisotopic (exact) mass is 237 g/mol. The molecule has 3 heteroatoms. The van der Waals surface area contributed by atoms with Crippen molar-refractivity contribution in [1.29, 1.82) is 0 Å². The zero-order chi connectivity index (χ0) is 12.7. The molecule has 1 aromatic heterocycles. The van der Waals surface area contributed by atoms with Crippen molar-refractivity contribution in [3.8, 4) is 0 Å². The zero-order valence-electron chi connectivity index (χ0n) is 9.60. The first kappa shape index (κ1) is 10.6. The van der Waals surface area contributed by atoms with E-state index < -0.39 is 5.97 Å². The predicted octanol–water partition coefficient (Wildman–Crippen LogP) is 3.66. The summed E-state index contributed by atoms with van der Waals surface area (Å²) in [5, 5.41) is 11.3. The number of nitrogens with one attached hydrogen (secondary N) is 1. The van der Waals surface area contributed by atoms with E-state index in [9.17, 15) is 4.79 Å². The number of carboxylic acids is 1. The largest absolute Gasteiger partial charge is 0.478 e. The number of hydrogen-bond donors (Lipinski definition) is 2. The molecule has 0 aliphatic heterocycles. The van der Waals surface area contributed by atoms with E-state index in [-0.39, 0.29) is 5.56 Å². The number of aromatic carboxylic acids is 1. The summed E-state index contributed by atoms with van der Waals surface area (Å²) in [7, 11) is 0. The van der Waals surface area contributed by atoms with Crippen molar-refractivity contribution in [2.24, 2.45) is 0 Å². The van der Waals surface area contributed by atoms with Crippen LogP contribution < -0.4 is 0 Å². The summed E-state index contributed by atoms with van der Waals surface area (Å²) in [5.41, 5.74) is 2.73. The Hall–Kier alpha value is -2.55. The maximum Gasteiger partial charge on any atom is 0.336 e. The second-order valence-electron chi connectivity index (χ2n) is 4.13. The van der Waals surface area contributed by atoms with Crippen LogP contribution in [0.4, 0.5) is 0 Å². The van der Waals surface area contributed by atoms with E-state index in [1.54, 1.807) is 12.1 Å². The Labute approximate surface area is 103 Å². The SMILES string of the molecule is C=Cc1c(C(=O)O)ccc2c1[nH]c1ccccc12. The van der Waals surface area contributed by atoms with E-state index in [4.69, 9.17) is 5.11 Å². The quantitative estimate of drug-likeness (QED) is 0.714. The van der Waals surface area contributed by atoms with Crippen LogP contribution in [0.1, 0.15) is 15.9 Å². The third-order valence-corrected chi connectivity index (χ3v) is 3.16. The molecular formula is C15H11NO2. The lowest BCUT2D eigenvalue weighted by molar-refractivity contribution is 0.0697. The Morgan fingerprint density at radius 3 is 2.67 bits per heavy atom. The molecule has 18 heavy (non-hydrogen) atoms. The van der Waals surface area contributed by atoms with Crippen LogP contribution >= 0.6 is 0 Å². The number of carboxylic acid groups (broad SMARTS) is 1. The lowest BCUT2D eigenvalue weighted by Crippen LogP contribution is -1.99. The highest BCUT2D eigenvalue weighted by molar-refractivity contribution is 6.12. The molecule has 0 atom stereocenters. The van der Waals surface area contributed by atoms with Gasteiger partial charge >= 0.3 is 5.97 Å². The lowest BCUT2D eigenvalue weighted by atomic mass is 10.0. The van der Waals surface area contributed by atoms with E-state index in [0.29, 0.717) is 5.56 Å². The smallest absolute Gasteiger partial charge is 0.336 e. The fourth-order valence-corrected chi connectivity index (χ4v) is 2.34. The first-order valence-corrected chi connectivity index (χ1v) is 5.61. The number of para-hydroxylation sites is 1. The highest BCUT2D eigenvalue weighted by Crippen LogP contribution is 2.30. The van der Waals surface area contributed by atoms with E-state index in [1.165, 1.54) is 0 Å². The molecule has 0 amide bonds. The predicted molar refractivity (Wildman–Crippen MR) is 72.9 cm³/mol. The molecular weight excluding hydrogens is 226 g/mol. The molecule has 3 nitrogen and oxygen atoms in total. The molecule has 0 bridgehead atoms. The third kappa shape index (κ3) is 1.34. The maximum absolute atomic E-state index is 11.2. The van der Waals surface area contributed by atoms with Crippen molar-refractivity contribution in [3.05, 3.63) is 54.1 Å². The van der Waals surface area contributed by atoms with Gasteiger partial charge in [0, 0.05) is 21.9 Å². The Morgan fingerprint density at radius 1 is 1.17 bits per heavy atom. The van der Waals surface area contributed by atoms with Gasteiger partial charge in [0.25, 0.3) is 0 Å². The normalized spacial score (nSPS) is 10.9. The van der Waals surface area contributed by atoms with E-state index in [1.807, 2.05) is 30.3 Å². The highest BCUT2D eigenvalue weighted by atomic mass is 16.4. The number of aromatic nitrogens is 1. The summed E-state index contributed by atoms with van der Waals surface area (Å²) in [4.78, 5) is 14.4. The molecule has 3 rings (SSSR count). The van der Waals surface area contributed by atoms with Gasteiger partial charge in [-0.2, -0.15) is 0 Å². The standard InChI is InChI=1S/C15H11NO2/c1-2-9-12(15(17)18)8-7-11-10-5-3-4-6-13(10)16-14(9)11/h2-8,16H,1H2,(H,17,18). The van der Waals surface area contributed by atoms with Crippen LogP contribution in [0, 0.1) is 0 Å². The Bertz CT molecular complexity index is 784. The number of H-pyrrole nitrogens is 1. The molecule has 1 heterocycles. The van der Waals surface area contributed by atoms with Crippen molar-refractivity contribution in [1.82, 2.24) is 4.98 Å². The zero-order valence-corrected chi connectivity index (χ0v) is 9.60. The van der Waals surface area contributed by atoms with Gasteiger partial charge in [-0.15, -0.1) is 0 Å². The molecule has 0 aliphatic carbocycles. The van der Waals surface area contributed by atoms with Crippen molar-refractivity contribution in [3.63, 3.8) is 0 Å². The van der Waals surface area contributed by atoms with Gasteiger partial charge in [0.15, 0.2) is 0 Å². The first-order valence-electron chi connectivity index (χ1n) is 5.61. The molecule has 0 fully saturated rings. The van der Waals surface area contributed by atoms with Crippen LogP contribution in [0.25, 0.3) is 27.9 Å². The number of fused-ring (bicyclic) bond motifs is 3. The number of aromatic amines is 1. The summed E-state index contributed by atoms with van der Waals surface area (Å²) >= 11 is 0. The number of carbonyl (C=O) groups is 1. The second kappa shape index (κ2) is 3.74. The van der Waals surface area contributed by atoms with E-state index in [2.05, 4.69) is 11.6 Å². The Balaban J connectivity index is 2.51. The number of rotatable bonds is 2. The highest BCUT2D eigenvalue weighted by Gasteiger charge is 2.13. The topological polar surface area (TPSA) is 53.1 Å². The molecule has 0 radical (unpaired) electrons. The van der Waals surface area contributed by atoms with Gasteiger partial charge in [0.05, 0.1) is 11.1 Å². The minimum absolute atomic E-state index is 0.268. The van der Waals surface area contributed by atoms with Crippen molar-refractivity contribution >= 4 is 33.9 Å². The third-order valence-electron chi connectivity index (χ3n) is 3.16. The lowest BCUT2D eigenvalue weighted by Gasteiger charge is -2.02. The molecule has 0 spiro atoms. The summed E-state index contributed by atoms with van der Waals surface area (Å²) < 4.78 is 0. The molecule has 2 aromatic carbocycles. The van der Waals surface area contributed by atoms with Crippen LogP contribution in [0.3, 0.4) is 0 Å². The van der Waals surface area contributed by atoms with Gasteiger partial charge in [0.1, 0.15) is 0 Å². The summed E-state index contributed by atoms with van der Waals surface area (Å²) in [6.45, 7) is 3.71. The Morgan fingerprint density at radius 2 is 1.94 bits per heavy atom. The minimum Gasteiger partial charge on any atom is -0.478 e. The van der Waals surface area contributed by atoms with Crippen LogP contribution in [0.15, 0.2) is 43.0 Å². The molecule has 0 unspecified atom stereocenters. The van der Waals surface area contributed by atoms with Gasteiger partial charge in [-0.1, -0.05) is 36.9 Å². The number of hydrogen-bond acceptors (Lipinski definition) is 1. The molecule has 0 saturated carbocycles. The second-order valence-corrected chi connectivity index (χ2v) is 4.13. The summed E-state index contributed by atoms with van der Waals surface area (Å²) in [6, 6.07) is 11.4. The summed E-state index contributed by atoms with van der Waals surface area (Å²) in [5.74, 6) is -0.939.